The summed E-state index contributed by atoms with van der Waals surface area (Å²) in [6, 6.07) is 32.2. The lowest BCUT2D eigenvalue weighted by Gasteiger charge is -2.17. The summed E-state index contributed by atoms with van der Waals surface area (Å²) in [5.74, 6) is -2.29. The number of alkyl halides is 3. The van der Waals surface area contributed by atoms with Gasteiger partial charge in [0.1, 0.15) is 0 Å². The third kappa shape index (κ3) is 16.9. The Balaban J connectivity index is 0.000000359. The van der Waals surface area contributed by atoms with Crippen LogP contribution < -0.4 is 0 Å². The molecular weight excluding hydrogens is 718 g/mol. The average Bonchev–Trinajstić information content (AvgIpc) is 3.09. The monoisotopic (exact) mass is 768 g/mol. The summed E-state index contributed by atoms with van der Waals surface area (Å²) in [4.78, 5) is 15.0. The standard InChI is InChI=1S/C20H37BrF2O5S.C18H15S/c21-17-15-13-11-9-7-5-3-1-2-4-6-8-10-12-14-16-18-28-19(24)20(22,23)29(25,26)27;1-4-10-16(11-5-1)19(17-12-6-2-7-13-17)18-14-8-3-9-15-18/h1-18H2,(H,25,26,27);1-15H/q;+1/p-1. The van der Waals surface area contributed by atoms with E-state index in [1.807, 2.05) is 0 Å². The van der Waals surface area contributed by atoms with Gasteiger partial charge in [0.25, 0.3) is 0 Å². The molecule has 3 aromatic rings. The van der Waals surface area contributed by atoms with E-state index in [1.165, 1.54) is 85.3 Å². The first-order valence-corrected chi connectivity index (χ1v) is 20.9. The molecule has 3 rings (SSSR count). The van der Waals surface area contributed by atoms with Gasteiger partial charge < -0.3 is 9.29 Å². The van der Waals surface area contributed by atoms with Crippen molar-refractivity contribution in [2.45, 2.75) is 123 Å². The summed E-state index contributed by atoms with van der Waals surface area (Å²) in [5, 5.41) is -3.90. The van der Waals surface area contributed by atoms with Crippen molar-refractivity contribution in [3.63, 3.8) is 0 Å². The first-order chi connectivity index (χ1) is 23.2. The van der Waals surface area contributed by atoms with Crippen LogP contribution in [0.15, 0.2) is 106 Å². The van der Waals surface area contributed by atoms with Crippen LogP contribution in [0.4, 0.5) is 8.78 Å². The van der Waals surface area contributed by atoms with Gasteiger partial charge in [-0.1, -0.05) is 160 Å². The molecule has 0 aliphatic carbocycles. The van der Waals surface area contributed by atoms with Crippen molar-refractivity contribution in [3.8, 4) is 0 Å². The first kappa shape index (κ1) is 41.9. The zero-order valence-corrected chi connectivity index (χ0v) is 31.1. The van der Waals surface area contributed by atoms with Gasteiger partial charge in [0.05, 0.1) is 17.5 Å². The molecule has 0 atom stereocenters. The van der Waals surface area contributed by atoms with E-state index in [-0.39, 0.29) is 17.5 Å². The van der Waals surface area contributed by atoms with Gasteiger partial charge in [-0.05, 0) is 49.2 Å². The van der Waals surface area contributed by atoms with Crippen LogP contribution in [0.25, 0.3) is 0 Å². The highest BCUT2D eigenvalue weighted by Crippen LogP contribution is 2.30. The number of carbonyl (C=O) groups is 1. The lowest BCUT2D eigenvalue weighted by atomic mass is 10.0. The van der Waals surface area contributed by atoms with Gasteiger partial charge in [-0.2, -0.15) is 8.78 Å². The lowest BCUT2D eigenvalue weighted by Crippen LogP contribution is -2.39. The molecule has 0 N–H and O–H groups in total. The molecule has 0 spiro atoms. The van der Waals surface area contributed by atoms with Crippen LogP contribution in [0.1, 0.15) is 103 Å². The lowest BCUT2D eigenvalue weighted by molar-refractivity contribution is -0.161. The minimum Gasteiger partial charge on any atom is -0.743 e. The van der Waals surface area contributed by atoms with Crippen LogP contribution in [0.5, 0.6) is 0 Å². The zero-order chi connectivity index (χ0) is 34.9. The molecule has 5 nitrogen and oxygen atoms in total. The second-order valence-electron chi connectivity index (χ2n) is 11.7. The van der Waals surface area contributed by atoms with E-state index in [0.29, 0.717) is 12.8 Å². The minimum atomic E-state index is -6.03. The van der Waals surface area contributed by atoms with Crippen LogP contribution in [-0.4, -0.2) is 36.1 Å². The van der Waals surface area contributed by atoms with Crippen molar-refractivity contribution in [1.29, 1.82) is 0 Å². The van der Waals surface area contributed by atoms with Gasteiger partial charge in [-0.25, -0.2) is 13.2 Å². The van der Waals surface area contributed by atoms with Gasteiger partial charge in [0, 0.05) is 5.33 Å². The number of hydrogen-bond donors (Lipinski definition) is 0. The largest absolute Gasteiger partial charge is 0.743 e. The van der Waals surface area contributed by atoms with Crippen LogP contribution in [0.3, 0.4) is 0 Å². The highest BCUT2D eigenvalue weighted by atomic mass is 79.9. The fraction of sp³-hybridized carbons (Fsp3) is 0.500. The number of halogens is 3. The Morgan fingerprint density at radius 2 is 0.875 bits per heavy atom. The summed E-state index contributed by atoms with van der Waals surface area (Å²) >= 11 is 3.45. The summed E-state index contributed by atoms with van der Waals surface area (Å²) < 4.78 is 60.8. The SMILES string of the molecule is O=C(OCCCCCCCCCCCCCCCCCCBr)C(F)(F)S(=O)(=O)[O-].c1ccc([S+](c2ccccc2)c2ccccc2)cc1. The summed E-state index contributed by atoms with van der Waals surface area (Å²) in [6.07, 6.45) is 18.5. The second kappa shape index (κ2) is 24.8. The fourth-order valence-electron chi connectivity index (χ4n) is 5.10. The molecule has 3 aromatic carbocycles. The van der Waals surface area contributed by atoms with E-state index in [4.69, 9.17) is 0 Å². The summed E-state index contributed by atoms with van der Waals surface area (Å²) in [5.41, 5.74) is 0. The summed E-state index contributed by atoms with van der Waals surface area (Å²) in [7, 11) is -6.05. The van der Waals surface area contributed by atoms with Gasteiger partial charge in [0.2, 0.25) is 0 Å². The Bertz CT molecular complexity index is 1250. The second-order valence-corrected chi connectivity index (χ2v) is 15.9. The van der Waals surface area contributed by atoms with Crippen molar-refractivity contribution in [2.75, 3.05) is 11.9 Å². The number of hydrogen-bond acceptors (Lipinski definition) is 5. The highest BCUT2D eigenvalue weighted by molar-refractivity contribution is 9.09. The summed E-state index contributed by atoms with van der Waals surface area (Å²) in [6.45, 7) is -0.305. The Hall–Kier alpha value is -2.27. The third-order valence-corrected chi connectivity index (χ3v) is 11.3. The third-order valence-electron chi connectivity index (χ3n) is 7.75. The molecule has 0 heterocycles. The van der Waals surface area contributed by atoms with E-state index in [1.54, 1.807) is 0 Å². The van der Waals surface area contributed by atoms with Crippen LogP contribution in [0.2, 0.25) is 0 Å². The van der Waals surface area contributed by atoms with E-state index in [2.05, 4.69) is 112 Å². The van der Waals surface area contributed by atoms with Crippen LogP contribution in [-0.2, 0) is 30.5 Å². The molecule has 0 unspecified atom stereocenters. The normalized spacial score (nSPS) is 11.6. The molecule has 10 heteroatoms. The molecular formula is C38H51BrF2O5S2. The molecule has 0 saturated carbocycles. The van der Waals surface area contributed by atoms with E-state index in [0.717, 1.165) is 24.6 Å². The molecule has 0 aliphatic rings. The minimum absolute atomic E-state index is 0.0146. The van der Waals surface area contributed by atoms with Gasteiger partial charge in [-0.3, -0.25) is 0 Å². The molecule has 0 aromatic heterocycles. The molecule has 0 saturated heterocycles. The maximum absolute atomic E-state index is 12.9. The van der Waals surface area contributed by atoms with Crippen molar-refractivity contribution < 1.29 is 31.3 Å². The van der Waals surface area contributed by atoms with Crippen LogP contribution in [0, 0.1) is 0 Å². The maximum atomic E-state index is 12.9. The molecule has 0 fully saturated rings. The first-order valence-electron chi connectivity index (χ1n) is 17.1. The molecule has 0 radical (unpaired) electrons. The van der Waals surface area contributed by atoms with E-state index < -0.39 is 21.3 Å². The van der Waals surface area contributed by atoms with Crippen LogP contribution >= 0.6 is 15.9 Å². The Kier molecular flexibility index (Phi) is 21.6. The number of ether oxygens (including phenoxy) is 1. The molecule has 48 heavy (non-hydrogen) atoms. The number of carbonyl (C=O) groups excluding carboxylic acids is 1. The Morgan fingerprint density at radius 1 is 0.583 bits per heavy atom. The molecule has 266 valence electrons. The topological polar surface area (TPSA) is 83.5 Å². The maximum Gasteiger partial charge on any atom is 0.428 e. The molecule has 0 bridgehead atoms. The quantitative estimate of drug-likeness (QED) is 0.0315. The Labute approximate surface area is 298 Å². The number of benzene rings is 3. The average molecular weight is 770 g/mol. The number of unbranched alkanes of at least 4 members (excludes halogenated alkanes) is 15. The van der Waals surface area contributed by atoms with E-state index in [9.17, 15) is 26.5 Å². The highest BCUT2D eigenvalue weighted by Gasteiger charge is 2.48. The van der Waals surface area contributed by atoms with Crippen molar-refractivity contribution >= 4 is 42.9 Å². The van der Waals surface area contributed by atoms with Gasteiger partial charge >= 0.3 is 11.2 Å². The van der Waals surface area contributed by atoms with Crippen molar-refractivity contribution in [3.05, 3.63) is 91.0 Å². The zero-order valence-electron chi connectivity index (χ0n) is 27.9. The van der Waals surface area contributed by atoms with Gasteiger partial charge in [0.15, 0.2) is 24.8 Å². The predicted molar refractivity (Wildman–Crippen MR) is 195 cm³/mol. The predicted octanol–water partition coefficient (Wildman–Crippen LogP) is 11.1. The molecule has 0 amide bonds. The fourth-order valence-corrected chi connectivity index (χ4v) is 7.86. The number of rotatable bonds is 23. The van der Waals surface area contributed by atoms with Crippen molar-refractivity contribution in [2.24, 2.45) is 0 Å². The Morgan fingerprint density at radius 3 is 1.17 bits per heavy atom. The van der Waals surface area contributed by atoms with Crippen molar-refractivity contribution in [1.82, 2.24) is 0 Å². The van der Waals surface area contributed by atoms with E-state index >= 15 is 0 Å². The van der Waals surface area contributed by atoms with Gasteiger partial charge in [-0.15, -0.1) is 0 Å². The molecule has 0 aliphatic heterocycles. The smallest absolute Gasteiger partial charge is 0.428 e. The number of esters is 1.